The van der Waals surface area contributed by atoms with Crippen molar-refractivity contribution in [3.63, 3.8) is 0 Å². The van der Waals surface area contributed by atoms with E-state index in [1.165, 1.54) is 12.8 Å². The summed E-state index contributed by atoms with van der Waals surface area (Å²) in [6.45, 7) is 4.38. The van der Waals surface area contributed by atoms with Crippen LogP contribution in [0.25, 0.3) is 0 Å². The van der Waals surface area contributed by atoms with Gasteiger partial charge in [0.1, 0.15) is 0 Å². The van der Waals surface area contributed by atoms with Gasteiger partial charge >= 0.3 is 0 Å². The van der Waals surface area contributed by atoms with Crippen LogP contribution in [0.2, 0.25) is 0 Å². The number of fused-ring (bicyclic) bond motifs is 1. The van der Waals surface area contributed by atoms with Gasteiger partial charge in [0.15, 0.2) is 0 Å². The maximum Gasteiger partial charge on any atom is 0.214 e. The summed E-state index contributed by atoms with van der Waals surface area (Å²) in [5.74, 6) is 0.845. The fraction of sp³-hybridized carbons (Fsp3) is 1.00. The molecule has 0 aromatic carbocycles. The Bertz CT molecular complexity index is 301. The molecule has 2 aliphatic heterocycles. The minimum Gasteiger partial charge on any atom is -0.312 e. The summed E-state index contributed by atoms with van der Waals surface area (Å²) in [5.41, 5.74) is 0. The molecule has 0 aromatic rings. The molecule has 0 amide bonds. The summed E-state index contributed by atoms with van der Waals surface area (Å²) in [4.78, 5) is 0. The normalized spacial score (nSPS) is 32.9. The lowest BCUT2D eigenvalue weighted by Crippen LogP contribution is -2.41. The first kappa shape index (κ1) is 11.4. The van der Waals surface area contributed by atoms with E-state index in [9.17, 15) is 8.42 Å². The molecule has 15 heavy (non-hydrogen) atoms. The summed E-state index contributed by atoms with van der Waals surface area (Å²) in [7, 11) is -2.97. The summed E-state index contributed by atoms with van der Waals surface area (Å²) in [5, 5.41) is 3.42. The highest BCUT2D eigenvalue weighted by atomic mass is 32.2. The predicted molar refractivity (Wildman–Crippen MR) is 60.2 cm³/mol. The van der Waals surface area contributed by atoms with Crippen LogP contribution in [0.4, 0.5) is 0 Å². The average Bonchev–Trinajstić information content (AvgIpc) is 2.61. The highest BCUT2D eigenvalue weighted by molar-refractivity contribution is 7.89. The van der Waals surface area contributed by atoms with Crippen molar-refractivity contribution >= 4 is 10.0 Å². The van der Waals surface area contributed by atoms with Gasteiger partial charge in [-0.25, -0.2) is 12.7 Å². The Morgan fingerprint density at radius 2 is 2.20 bits per heavy atom. The summed E-state index contributed by atoms with van der Waals surface area (Å²) in [6, 6.07) is 0.408. The number of piperidine rings is 1. The van der Waals surface area contributed by atoms with Gasteiger partial charge in [-0.05, 0) is 31.7 Å². The lowest BCUT2D eigenvalue weighted by atomic mass is 9.94. The minimum atomic E-state index is -2.97. The third kappa shape index (κ3) is 2.34. The van der Waals surface area contributed by atoms with Crippen molar-refractivity contribution in [1.29, 1.82) is 0 Å². The van der Waals surface area contributed by atoms with E-state index < -0.39 is 10.0 Å². The zero-order chi connectivity index (χ0) is 10.9. The van der Waals surface area contributed by atoms with Crippen LogP contribution in [0.1, 0.15) is 26.2 Å². The van der Waals surface area contributed by atoms with Crippen LogP contribution < -0.4 is 5.32 Å². The predicted octanol–water partition coefficient (Wildman–Crippen LogP) is 0.410. The number of nitrogens with one attached hydrogen (secondary N) is 1. The van der Waals surface area contributed by atoms with Gasteiger partial charge in [0.25, 0.3) is 0 Å². The van der Waals surface area contributed by atoms with E-state index in [2.05, 4.69) is 5.32 Å². The number of sulfonamides is 1. The molecule has 2 atom stereocenters. The first-order valence-electron chi connectivity index (χ1n) is 5.84. The van der Waals surface area contributed by atoms with Crippen molar-refractivity contribution < 1.29 is 8.42 Å². The summed E-state index contributed by atoms with van der Waals surface area (Å²) < 4.78 is 25.4. The van der Waals surface area contributed by atoms with Crippen molar-refractivity contribution in [1.82, 2.24) is 9.62 Å². The van der Waals surface area contributed by atoms with E-state index in [-0.39, 0.29) is 0 Å². The third-order valence-corrected chi connectivity index (χ3v) is 5.43. The maximum atomic E-state index is 11.9. The molecule has 2 unspecified atom stereocenters. The Morgan fingerprint density at radius 1 is 1.40 bits per heavy atom. The number of hydrogen-bond donors (Lipinski definition) is 1. The molecule has 0 bridgehead atoms. The van der Waals surface area contributed by atoms with E-state index >= 15 is 0 Å². The minimum absolute atomic E-state index is 0.298. The summed E-state index contributed by atoms with van der Waals surface area (Å²) >= 11 is 0. The molecule has 2 rings (SSSR count). The smallest absolute Gasteiger partial charge is 0.214 e. The van der Waals surface area contributed by atoms with E-state index in [0.29, 0.717) is 30.7 Å². The average molecular weight is 232 g/mol. The first-order chi connectivity index (χ1) is 7.13. The zero-order valence-electron chi connectivity index (χ0n) is 9.28. The SMILES string of the molecule is CCCS(=O)(=O)N1CC2CCCNC2C1. The van der Waals surface area contributed by atoms with Crippen LogP contribution in [0.5, 0.6) is 0 Å². The van der Waals surface area contributed by atoms with Gasteiger partial charge < -0.3 is 5.32 Å². The second-order valence-electron chi connectivity index (χ2n) is 4.60. The molecule has 2 saturated heterocycles. The molecule has 0 saturated carbocycles. The van der Waals surface area contributed by atoms with E-state index in [1.54, 1.807) is 4.31 Å². The van der Waals surface area contributed by atoms with Crippen molar-refractivity contribution in [3.8, 4) is 0 Å². The van der Waals surface area contributed by atoms with E-state index in [0.717, 1.165) is 13.1 Å². The Kier molecular flexibility index (Phi) is 3.33. The van der Waals surface area contributed by atoms with Gasteiger partial charge in [-0.1, -0.05) is 6.92 Å². The van der Waals surface area contributed by atoms with Crippen LogP contribution in [0, 0.1) is 5.92 Å². The van der Waals surface area contributed by atoms with Gasteiger partial charge in [0.05, 0.1) is 5.75 Å². The fourth-order valence-corrected chi connectivity index (χ4v) is 4.20. The first-order valence-corrected chi connectivity index (χ1v) is 7.45. The molecule has 0 aliphatic carbocycles. The van der Waals surface area contributed by atoms with E-state index in [1.807, 2.05) is 6.92 Å². The number of nitrogens with zero attached hydrogens (tertiary/aromatic N) is 1. The highest BCUT2D eigenvalue weighted by Gasteiger charge is 2.38. The largest absolute Gasteiger partial charge is 0.312 e. The molecule has 2 heterocycles. The molecule has 0 spiro atoms. The third-order valence-electron chi connectivity index (χ3n) is 3.42. The number of rotatable bonds is 3. The summed E-state index contributed by atoms with van der Waals surface area (Å²) in [6.07, 6.45) is 3.07. The van der Waals surface area contributed by atoms with Crippen LogP contribution in [-0.4, -0.2) is 44.2 Å². The van der Waals surface area contributed by atoms with Crippen LogP contribution in [-0.2, 0) is 10.0 Å². The Labute approximate surface area is 92.1 Å². The fourth-order valence-electron chi connectivity index (χ4n) is 2.62. The lowest BCUT2D eigenvalue weighted by molar-refractivity contribution is 0.339. The molecule has 0 radical (unpaired) electrons. The highest BCUT2D eigenvalue weighted by Crippen LogP contribution is 2.26. The molecular formula is C10H20N2O2S. The molecule has 88 valence electrons. The van der Waals surface area contributed by atoms with Gasteiger partial charge in [-0.2, -0.15) is 0 Å². The second-order valence-corrected chi connectivity index (χ2v) is 6.68. The van der Waals surface area contributed by atoms with Crippen molar-refractivity contribution in [3.05, 3.63) is 0 Å². The maximum absolute atomic E-state index is 11.9. The van der Waals surface area contributed by atoms with Gasteiger partial charge in [-0.3, -0.25) is 0 Å². The van der Waals surface area contributed by atoms with Crippen molar-refractivity contribution in [2.24, 2.45) is 5.92 Å². The van der Waals surface area contributed by atoms with Crippen molar-refractivity contribution in [2.75, 3.05) is 25.4 Å². The van der Waals surface area contributed by atoms with Crippen LogP contribution in [0.15, 0.2) is 0 Å². The molecule has 1 N–H and O–H groups in total. The number of hydrogen-bond acceptors (Lipinski definition) is 3. The Balaban J connectivity index is 2.02. The monoisotopic (exact) mass is 232 g/mol. The van der Waals surface area contributed by atoms with Gasteiger partial charge in [-0.15, -0.1) is 0 Å². The van der Waals surface area contributed by atoms with Gasteiger partial charge in [0.2, 0.25) is 10.0 Å². The van der Waals surface area contributed by atoms with Crippen LogP contribution in [0.3, 0.4) is 0 Å². The Morgan fingerprint density at radius 3 is 2.87 bits per heavy atom. The van der Waals surface area contributed by atoms with E-state index in [4.69, 9.17) is 0 Å². The molecule has 2 fully saturated rings. The van der Waals surface area contributed by atoms with Crippen LogP contribution >= 0.6 is 0 Å². The molecule has 0 aromatic heterocycles. The quantitative estimate of drug-likeness (QED) is 0.767. The topological polar surface area (TPSA) is 49.4 Å². The molecule has 4 nitrogen and oxygen atoms in total. The lowest BCUT2D eigenvalue weighted by Gasteiger charge is -2.24. The van der Waals surface area contributed by atoms with Crippen molar-refractivity contribution in [2.45, 2.75) is 32.2 Å². The molecule has 2 aliphatic rings. The molecule has 5 heteroatoms. The standard InChI is InChI=1S/C10H20N2O2S/c1-2-6-15(13,14)12-7-9-4-3-5-11-10(9)8-12/h9-11H,2-8H2,1H3. The Hall–Kier alpha value is -0.130. The second kappa shape index (κ2) is 4.39. The molecular weight excluding hydrogens is 212 g/mol. The zero-order valence-corrected chi connectivity index (χ0v) is 10.1. The van der Waals surface area contributed by atoms with Gasteiger partial charge in [0, 0.05) is 19.1 Å².